The number of hydrogen-bond acceptors (Lipinski definition) is 3. The second kappa shape index (κ2) is 4.58. The summed E-state index contributed by atoms with van der Waals surface area (Å²) >= 11 is 12.2. The summed E-state index contributed by atoms with van der Waals surface area (Å²) in [6.07, 6.45) is 0. The SMILES string of the molecule is Cc1cc(O)ccc1-n1nc2cc(Cl)c(O)cc2c1Cl. The van der Waals surface area contributed by atoms with Crippen LogP contribution >= 0.6 is 23.2 Å². The Bertz CT molecular complexity index is 828. The number of aromatic nitrogens is 2. The van der Waals surface area contributed by atoms with Crippen LogP contribution in [0.25, 0.3) is 16.6 Å². The Labute approximate surface area is 124 Å². The predicted octanol–water partition coefficient (Wildman–Crippen LogP) is 4.05. The smallest absolute Gasteiger partial charge is 0.140 e. The van der Waals surface area contributed by atoms with E-state index >= 15 is 0 Å². The van der Waals surface area contributed by atoms with E-state index in [-0.39, 0.29) is 16.5 Å². The lowest BCUT2D eigenvalue weighted by Gasteiger charge is -2.07. The van der Waals surface area contributed by atoms with E-state index in [0.29, 0.717) is 16.1 Å². The molecule has 102 valence electrons. The maximum Gasteiger partial charge on any atom is 0.140 e. The zero-order valence-corrected chi connectivity index (χ0v) is 11.9. The van der Waals surface area contributed by atoms with Gasteiger partial charge in [-0.05, 0) is 42.8 Å². The molecule has 6 heteroatoms. The minimum absolute atomic E-state index is 0.0388. The van der Waals surface area contributed by atoms with Crippen LogP contribution in [-0.2, 0) is 0 Å². The number of phenols is 2. The van der Waals surface area contributed by atoms with Crippen LogP contribution in [0, 0.1) is 6.92 Å². The fraction of sp³-hybridized carbons (Fsp3) is 0.0714. The third kappa shape index (κ3) is 1.97. The largest absolute Gasteiger partial charge is 0.508 e. The number of nitrogens with zero attached hydrogens (tertiary/aromatic N) is 2. The van der Waals surface area contributed by atoms with Crippen LogP contribution in [0.15, 0.2) is 30.3 Å². The number of rotatable bonds is 1. The lowest BCUT2D eigenvalue weighted by Crippen LogP contribution is -1.98. The zero-order valence-electron chi connectivity index (χ0n) is 10.4. The van der Waals surface area contributed by atoms with E-state index in [4.69, 9.17) is 23.2 Å². The molecule has 3 rings (SSSR count). The van der Waals surface area contributed by atoms with Crippen molar-refractivity contribution in [3.05, 3.63) is 46.1 Å². The van der Waals surface area contributed by atoms with Gasteiger partial charge in [0.25, 0.3) is 0 Å². The fourth-order valence-corrected chi connectivity index (χ4v) is 2.54. The normalized spacial score (nSPS) is 11.2. The molecule has 0 amide bonds. The van der Waals surface area contributed by atoms with Gasteiger partial charge >= 0.3 is 0 Å². The van der Waals surface area contributed by atoms with Crippen molar-refractivity contribution in [2.24, 2.45) is 0 Å². The molecule has 0 saturated heterocycles. The van der Waals surface area contributed by atoms with Crippen molar-refractivity contribution in [1.29, 1.82) is 0 Å². The number of hydrogen-bond donors (Lipinski definition) is 2. The first-order valence-electron chi connectivity index (χ1n) is 5.84. The molecule has 0 aliphatic rings. The maximum absolute atomic E-state index is 9.65. The highest BCUT2D eigenvalue weighted by molar-refractivity contribution is 6.36. The first-order chi connectivity index (χ1) is 9.47. The average molecular weight is 309 g/mol. The number of fused-ring (bicyclic) bond motifs is 1. The summed E-state index contributed by atoms with van der Waals surface area (Å²) in [7, 11) is 0. The summed E-state index contributed by atoms with van der Waals surface area (Å²) in [5.41, 5.74) is 2.17. The van der Waals surface area contributed by atoms with E-state index in [2.05, 4.69) is 5.10 Å². The summed E-state index contributed by atoms with van der Waals surface area (Å²) in [6, 6.07) is 7.96. The van der Waals surface area contributed by atoms with E-state index in [1.165, 1.54) is 6.07 Å². The Morgan fingerprint density at radius 3 is 2.55 bits per heavy atom. The van der Waals surface area contributed by atoms with Gasteiger partial charge in [-0.25, -0.2) is 4.68 Å². The molecule has 1 heterocycles. The molecule has 2 aromatic carbocycles. The van der Waals surface area contributed by atoms with Crippen LogP contribution in [0.1, 0.15) is 5.56 Å². The summed E-state index contributed by atoms with van der Waals surface area (Å²) in [6.45, 7) is 1.85. The third-order valence-corrected chi connectivity index (χ3v) is 3.76. The lowest BCUT2D eigenvalue weighted by atomic mass is 10.2. The lowest BCUT2D eigenvalue weighted by molar-refractivity contribution is 0.474. The molecular weight excluding hydrogens is 299 g/mol. The summed E-state index contributed by atoms with van der Waals surface area (Å²) in [4.78, 5) is 0. The van der Waals surface area contributed by atoms with Gasteiger partial charge in [0.15, 0.2) is 0 Å². The van der Waals surface area contributed by atoms with Gasteiger partial charge in [0, 0.05) is 5.39 Å². The number of benzene rings is 2. The van der Waals surface area contributed by atoms with E-state index in [1.54, 1.807) is 28.9 Å². The Kier molecular flexibility index (Phi) is 3.00. The summed E-state index contributed by atoms with van der Waals surface area (Å²) in [5.74, 6) is 0.141. The molecule has 0 aliphatic heterocycles. The van der Waals surface area contributed by atoms with Gasteiger partial charge in [0.05, 0.1) is 16.2 Å². The van der Waals surface area contributed by atoms with Crippen molar-refractivity contribution in [2.45, 2.75) is 6.92 Å². The van der Waals surface area contributed by atoms with Gasteiger partial charge in [-0.2, -0.15) is 5.10 Å². The van der Waals surface area contributed by atoms with E-state index in [1.807, 2.05) is 6.92 Å². The third-order valence-electron chi connectivity index (χ3n) is 3.09. The molecule has 0 aliphatic carbocycles. The van der Waals surface area contributed by atoms with Gasteiger partial charge in [0.2, 0.25) is 0 Å². The Balaban J connectivity index is 2.29. The van der Waals surface area contributed by atoms with Crippen LogP contribution in [0.3, 0.4) is 0 Å². The van der Waals surface area contributed by atoms with Crippen LogP contribution in [0.5, 0.6) is 11.5 Å². The molecular formula is C14H10Cl2N2O2. The fourth-order valence-electron chi connectivity index (χ4n) is 2.10. The maximum atomic E-state index is 9.65. The number of aryl methyl sites for hydroxylation is 1. The number of aromatic hydroxyl groups is 2. The van der Waals surface area contributed by atoms with Crippen molar-refractivity contribution in [1.82, 2.24) is 9.78 Å². The van der Waals surface area contributed by atoms with Gasteiger partial charge < -0.3 is 10.2 Å². The number of phenolic OH excluding ortho intramolecular Hbond substituents is 2. The highest BCUT2D eigenvalue weighted by atomic mass is 35.5. The Hall–Kier alpha value is -1.91. The van der Waals surface area contributed by atoms with Crippen molar-refractivity contribution < 1.29 is 10.2 Å². The topological polar surface area (TPSA) is 58.3 Å². The second-order valence-electron chi connectivity index (χ2n) is 4.49. The zero-order chi connectivity index (χ0) is 14.4. The van der Waals surface area contributed by atoms with Gasteiger partial charge in [0.1, 0.15) is 16.7 Å². The molecule has 3 aromatic rings. The molecule has 0 fully saturated rings. The highest BCUT2D eigenvalue weighted by Gasteiger charge is 2.14. The highest BCUT2D eigenvalue weighted by Crippen LogP contribution is 2.34. The molecule has 0 saturated carbocycles. The molecule has 0 spiro atoms. The molecule has 20 heavy (non-hydrogen) atoms. The molecule has 4 nitrogen and oxygen atoms in total. The quantitative estimate of drug-likeness (QED) is 0.713. The van der Waals surface area contributed by atoms with Crippen LogP contribution < -0.4 is 0 Å². The minimum Gasteiger partial charge on any atom is -0.508 e. The van der Waals surface area contributed by atoms with E-state index < -0.39 is 0 Å². The molecule has 0 radical (unpaired) electrons. The number of halogens is 2. The Morgan fingerprint density at radius 2 is 1.85 bits per heavy atom. The average Bonchev–Trinajstić information content (AvgIpc) is 2.68. The van der Waals surface area contributed by atoms with Gasteiger partial charge in [-0.15, -0.1) is 0 Å². The molecule has 1 aromatic heterocycles. The van der Waals surface area contributed by atoms with Crippen LogP contribution in [0.4, 0.5) is 0 Å². The Morgan fingerprint density at radius 1 is 1.10 bits per heavy atom. The van der Waals surface area contributed by atoms with Crippen molar-refractivity contribution in [2.75, 3.05) is 0 Å². The van der Waals surface area contributed by atoms with Crippen molar-refractivity contribution in [3.63, 3.8) is 0 Å². The second-order valence-corrected chi connectivity index (χ2v) is 5.26. The summed E-state index contributed by atoms with van der Waals surface area (Å²) in [5, 5.41) is 24.7. The summed E-state index contributed by atoms with van der Waals surface area (Å²) < 4.78 is 1.55. The first-order valence-corrected chi connectivity index (χ1v) is 6.59. The van der Waals surface area contributed by atoms with E-state index in [0.717, 1.165) is 11.3 Å². The van der Waals surface area contributed by atoms with Gasteiger partial charge in [-0.3, -0.25) is 0 Å². The predicted molar refractivity (Wildman–Crippen MR) is 79.2 cm³/mol. The van der Waals surface area contributed by atoms with Crippen molar-refractivity contribution in [3.8, 4) is 17.2 Å². The monoisotopic (exact) mass is 308 g/mol. The van der Waals surface area contributed by atoms with Crippen LogP contribution in [-0.4, -0.2) is 20.0 Å². The molecule has 0 bridgehead atoms. The molecule has 2 N–H and O–H groups in total. The standard InChI is InChI=1S/C14H10Cl2N2O2/c1-7-4-8(19)2-3-12(7)18-14(16)9-5-13(20)10(15)6-11(9)17-18/h2-6,19-20H,1H3. The minimum atomic E-state index is -0.0388. The van der Waals surface area contributed by atoms with Crippen LogP contribution in [0.2, 0.25) is 10.2 Å². The molecule has 0 unspecified atom stereocenters. The van der Waals surface area contributed by atoms with Crippen molar-refractivity contribution >= 4 is 34.1 Å². The van der Waals surface area contributed by atoms with Gasteiger partial charge in [-0.1, -0.05) is 23.2 Å². The molecule has 0 atom stereocenters. The first kappa shape index (κ1) is 13.1. The van der Waals surface area contributed by atoms with E-state index in [9.17, 15) is 10.2 Å².